The van der Waals surface area contributed by atoms with Gasteiger partial charge in [-0.2, -0.15) is 0 Å². The van der Waals surface area contributed by atoms with Gasteiger partial charge in [0.05, 0.1) is 0 Å². The molecule has 0 atom stereocenters. The first-order valence-electron chi connectivity index (χ1n) is 8.62. The van der Waals surface area contributed by atoms with E-state index in [1.807, 2.05) is 55.5 Å². The van der Waals surface area contributed by atoms with Gasteiger partial charge in [-0.15, -0.1) is 0 Å². The van der Waals surface area contributed by atoms with E-state index in [1.165, 1.54) is 11.1 Å². The lowest BCUT2D eigenvalue weighted by Gasteiger charge is -2.17. The summed E-state index contributed by atoms with van der Waals surface area (Å²) in [5.41, 5.74) is 4.10. The molecule has 132 valence electrons. The monoisotopic (exact) mass is 365 g/mol. The number of carbonyl (C=O) groups excluding carboxylic acids is 1. The van der Waals surface area contributed by atoms with Crippen LogP contribution in [0.5, 0.6) is 0 Å². The van der Waals surface area contributed by atoms with Gasteiger partial charge in [0.25, 0.3) is 5.91 Å². The van der Waals surface area contributed by atoms with E-state index in [0.717, 1.165) is 11.3 Å². The van der Waals surface area contributed by atoms with Crippen molar-refractivity contribution in [1.82, 2.24) is 0 Å². The number of benzene rings is 3. The third-order valence-electron chi connectivity index (χ3n) is 4.32. The number of quaternary nitrogens is 1. The highest BCUT2D eigenvalue weighted by molar-refractivity contribution is 6.30. The molecule has 3 N–H and O–H groups in total. The first-order valence-corrected chi connectivity index (χ1v) is 9.00. The minimum absolute atomic E-state index is 0.0349. The summed E-state index contributed by atoms with van der Waals surface area (Å²) in [6.07, 6.45) is 0. The Morgan fingerprint density at radius 2 is 1.54 bits per heavy atom. The van der Waals surface area contributed by atoms with Gasteiger partial charge in [0.1, 0.15) is 6.04 Å². The highest BCUT2D eigenvalue weighted by Gasteiger charge is 2.18. The quantitative estimate of drug-likeness (QED) is 0.682. The van der Waals surface area contributed by atoms with Crippen molar-refractivity contribution in [1.29, 1.82) is 0 Å². The van der Waals surface area contributed by atoms with Crippen LogP contribution < -0.4 is 10.6 Å². The third kappa shape index (κ3) is 4.72. The van der Waals surface area contributed by atoms with E-state index in [2.05, 4.69) is 34.9 Å². The lowest BCUT2D eigenvalue weighted by Crippen LogP contribution is -2.87. The number of nitrogens with two attached hydrogens (primary N) is 1. The molecule has 0 spiro atoms. The standard InChI is InChI=1S/C22H21ClN2O/c1-16-14-19(23)12-13-20(16)25-21(26)15-24-22(17-8-4-2-5-9-17)18-10-6-3-7-11-18/h2-14,22,24H,15H2,1H3,(H,25,26)/p+1. The van der Waals surface area contributed by atoms with Gasteiger partial charge < -0.3 is 10.6 Å². The molecule has 0 saturated heterocycles. The van der Waals surface area contributed by atoms with Crippen molar-refractivity contribution >= 4 is 23.2 Å². The molecule has 0 unspecified atom stereocenters. The van der Waals surface area contributed by atoms with Crippen molar-refractivity contribution in [2.75, 3.05) is 11.9 Å². The first kappa shape index (κ1) is 18.2. The number of hydrogen-bond donors (Lipinski definition) is 2. The Bertz CT molecular complexity index is 826. The molecule has 0 heterocycles. The summed E-state index contributed by atoms with van der Waals surface area (Å²) in [6, 6.07) is 26.0. The van der Waals surface area contributed by atoms with Gasteiger partial charge in [0, 0.05) is 21.8 Å². The summed E-state index contributed by atoms with van der Waals surface area (Å²) in [5, 5.41) is 5.69. The number of hydrogen-bond acceptors (Lipinski definition) is 1. The Morgan fingerprint density at radius 3 is 2.08 bits per heavy atom. The molecule has 3 aromatic carbocycles. The molecule has 0 radical (unpaired) electrons. The van der Waals surface area contributed by atoms with Crippen LogP contribution in [0.15, 0.2) is 78.9 Å². The molecule has 3 rings (SSSR count). The van der Waals surface area contributed by atoms with E-state index in [-0.39, 0.29) is 11.9 Å². The van der Waals surface area contributed by atoms with Gasteiger partial charge in [-0.1, -0.05) is 72.3 Å². The Balaban J connectivity index is 1.71. The summed E-state index contributed by atoms with van der Waals surface area (Å²) < 4.78 is 0. The van der Waals surface area contributed by atoms with E-state index in [1.54, 1.807) is 6.07 Å². The van der Waals surface area contributed by atoms with Crippen molar-refractivity contribution in [2.45, 2.75) is 13.0 Å². The number of amides is 1. The minimum Gasteiger partial charge on any atom is -0.328 e. The maximum atomic E-state index is 12.4. The van der Waals surface area contributed by atoms with Crippen LogP contribution in [-0.4, -0.2) is 12.5 Å². The smallest absolute Gasteiger partial charge is 0.279 e. The van der Waals surface area contributed by atoms with E-state index in [0.29, 0.717) is 11.6 Å². The van der Waals surface area contributed by atoms with Crippen LogP contribution in [0.4, 0.5) is 5.69 Å². The lowest BCUT2D eigenvalue weighted by molar-refractivity contribution is -0.676. The molecule has 0 aromatic heterocycles. The number of aryl methyl sites for hydroxylation is 1. The van der Waals surface area contributed by atoms with E-state index in [4.69, 9.17) is 11.6 Å². The van der Waals surface area contributed by atoms with Crippen LogP contribution >= 0.6 is 11.6 Å². The Labute approximate surface area is 159 Å². The second-order valence-electron chi connectivity index (χ2n) is 6.25. The van der Waals surface area contributed by atoms with E-state index < -0.39 is 0 Å². The summed E-state index contributed by atoms with van der Waals surface area (Å²) >= 11 is 5.97. The number of anilines is 1. The van der Waals surface area contributed by atoms with Gasteiger partial charge in [-0.3, -0.25) is 4.79 Å². The molecule has 0 aliphatic rings. The van der Waals surface area contributed by atoms with Gasteiger partial charge in [0.2, 0.25) is 0 Å². The molecule has 0 aliphatic carbocycles. The molecule has 26 heavy (non-hydrogen) atoms. The van der Waals surface area contributed by atoms with Crippen LogP contribution in [0.1, 0.15) is 22.7 Å². The minimum atomic E-state index is -0.0349. The molecule has 0 saturated carbocycles. The molecule has 0 fully saturated rings. The molecule has 3 nitrogen and oxygen atoms in total. The fourth-order valence-corrected chi connectivity index (χ4v) is 3.21. The molecule has 0 aliphatic heterocycles. The Hall–Kier alpha value is -2.62. The van der Waals surface area contributed by atoms with E-state index in [9.17, 15) is 4.79 Å². The highest BCUT2D eigenvalue weighted by atomic mass is 35.5. The van der Waals surface area contributed by atoms with Crippen LogP contribution in [-0.2, 0) is 4.79 Å². The maximum Gasteiger partial charge on any atom is 0.279 e. The predicted octanol–water partition coefficient (Wildman–Crippen LogP) is 3.94. The summed E-state index contributed by atoms with van der Waals surface area (Å²) in [5.74, 6) is -0.0349. The van der Waals surface area contributed by atoms with E-state index >= 15 is 0 Å². The Morgan fingerprint density at radius 1 is 0.962 bits per heavy atom. The fourth-order valence-electron chi connectivity index (χ4n) is 2.98. The largest absolute Gasteiger partial charge is 0.328 e. The summed E-state index contributed by atoms with van der Waals surface area (Å²) in [6.45, 7) is 2.26. The molecular weight excluding hydrogens is 344 g/mol. The average Bonchev–Trinajstić information content (AvgIpc) is 2.66. The normalized spacial score (nSPS) is 10.7. The van der Waals surface area contributed by atoms with Gasteiger partial charge in [-0.25, -0.2) is 0 Å². The lowest BCUT2D eigenvalue weighted by atomic mass is 9.99. The second kappa shape index (κ2) is 8.65. The van der Waals surface area contributed by atoms with Crippen molar-refractivity contribution in [3.8, 4) is 0 Å². The van der Waals surface area contributed by atoms with Crippen LogP contribution in [0.2, 0.25) is 5.02 Å². The van der Waals surface area contributed by atoms with Crippen molar-refractivity contribution < 1.29 is 10.1 Å². The molecule has 3 aromatic rings. The molecule has 0 bridgehead atoms. The zero-order valence-corrected chi connectivity index (χ0v) is 15.4. The number of nitrogens with one attached hydrogen (secondary N) is 1. The summed E-state index contributed by atoms with van der Waals surface area (Å²) in [4.78, 5) is 12.4. The van der Waals surface area contributed by atoms with Crippen molar-refractivity contribution in [3.63, 3.8) is 0 Å². The summed E-state index contributed by atoms with van der Waals surface area (Å²) in [7, 11) is 0. The maximum absolute atomic E-state index is 12.4. The van der Waals surface area contributed by atoms with Gasteiger partial charge in [0.15, 0.2) is 6.54 Å². The first-order chi connectivity index (χ1) is 12.6. The van der Waals surface area contributed by atoms with Crippen LogP contribution in [0.3, 0.4) is 0 Å². The second-order valence-corrected chi connectivity index (χ2v) is 6.68. The molecular formula is C22H22ClN2O+. The van der Waals surface area contributed by atoms with Crippen LogP contribution in [0.25, 0.3) is 0 Å². The highest BCUT2D eigenvalue weighted by Crippen LogP contribution is 2.20. The predicted molar refractivity (Wildman–Crippen MR) is 106 cm³/mol. The van der Waals surface area contributed by atoms with Gasteiger partial charge >= 0.3 is 0 Å². The van der Waals surface area contributed by atoms with Gasteiger partial charge in [-0.05, 0) is 30.7 Å². The molecule has 1 amide bonds. The third-order valence-corrected chi connectivity index (χ3v) is 4.55. The Kier molecular flexibility index (Phi) is 6.05. The SMILES string of the molecule is Cc1cc(Cl)ccc1NC(=O)C[NH2+]C(c1ccccc1)c1ccccc1. The van der Waals surface area contributed by atoms with Crippen molar-refractivity contribution in [2.24, 2.45) is 0 Å². The van der Waals surface area contributed by atoms with Crippen molar-refractivity contribution in [3.05, 3.63) is 101 Å². The topological polar surface area (TPSA) is 45.7 Å². The fraction of sp³-hybridized carbons (Fsp3) is 0.136. The number of carbonyl (C=O) groups is 1. The molecule has 4 heteroatoms. The average molecular weight is 366 g/mol. The zero-order chi connectivity index (χ0) is 18.4. The number of halogens is 1. The zero-order valence-electron chi connectivity index (χ0n) is 14.7. The number of rotatable bonds is 6. The van der Waals surface area contributed by atoms with Crippen LogP contribution in [0, 0.1) is 6.92 Å².